The zero-order valence-corrected chi connectivity index (χ0v) is 78.9. The summed E-state index contributed by atoms with van der Waals surface area (Å²) in [6.45, 7) is 25.8. The molecular formula is C100H130Cl4F3N17O5. The number of piperidine rings is 7. The van der Waals surface area contributed by atoms with E-state index in [1.54, 1.807) is 117 Å². The maximum atomic E-state index is 13.8. The number of aromatic nitrogens is 4. The number of carbonyl (C=O) groups is 5. The molecule has 0 bridgehead atoms. The van der Waals surface area contributed by atoms with Crippen molar-refractivity contribution in [3.63, 3.8) is 0 Å². The molecule has 0 atom stereocenters. The Kier molecular flexibility index (Phi) is 37.0. The van der Waals surface area contributed by atoms with Gasteiger partial charge in [-0.2, -0.15) is 13.2 Å². The van der Waals surface area contributed by atoms with Gasteiger partial charge in [0.25, 0.3) is 17.7 Å². The summed E-state index contributed by atoms with van der Waals surface area (Å²) in [4.78, 5) is 101. The molecule has 8 aromatic rings. The second-order valence-corrected chi connectivity index (χ2v) is 38.6. The Hall–Kier alpha value is -9.18. The summed E-state index contributed by atoms with van der Waals surface area (Å²) < 4.78 is 41.5. The Morgan fingerprint density at radius 1 is 0.442 bits per heavy atom. The standard InChI is InChI=1S/C28H41N5O2.C25H32Cl2N4O.C24H29F3N4O.C23H28Cl2N4O/c1-28(2,3)23-11-9-22(10-12-23)27(35)30-24-8-7-16-29-26(24)33-18-14-21(15-19-33)13-17-32(6)20-25(34)31(4)5;26-21-8-4-7-20(16-21)25(32)29-23-17-22(27)18-28-24(23)31-14-9-19(10-15-31)6-5-13-30-11-2-1-3-12-30;25-24(26,27)20-8-4-6-18(22(28)32)21(20)19-7-5-11-29-23(19)31-14-9-17(10-15-31)16-30-12-2-1-3-13-30;24-19-6-4-5-18(13-19)23(30)27-21-14-20(25)15-26-22(21)29-11-7-17(8-12-29)16-28-9-2-1-3-10-28/h7-12,16,21H,13-15,17-20H2,1-6H3,(H,30,35);4,7-8,16-19H,1-3,5-6,9-15H2,(H,29,32);4-8,11,17H,1-3,9-10,12-16H2,(H2,28,32);4-6,13-15,17H,1-3,7-12,16H2,(H,27,30). The Bertz CT molecular complexity index is 4960. The van der Waals surface area contributed by atoms with Crippen molar-refractivity contribution in [3.05, 3.63) is 206 Å². The van der Waals surface area contributed by atoms with Crippen LogP contribution in [0.25, 0.3) is 11.1 Å². The fourth-order valence-corrected chi connectivity index (χ4v) is 19.3. The predicted molar refractivity (Wildman–Crippen MR) is 518 cm³/mol. The number of carbonyl (C=O) groups excluding carboxylic acids is 5. The second kappa shape index (κ2) is 48.3. The molecule has 11 heterocycles. The molecule has 7 aliphatic rings. The summed E-state index contributed by atoms with van der Waals surface area (Å²) >= 11 is 24.4. The van der Waals surface area contributed by atoms with Gasteiger partial charge in [0.15, 0.2) is 17.5 Å². The first-order valence-corrected chi connectivity index (χ1v) is 47.9. The van der Waals surface area contributed by atoms with Crippen LogP contribution in [0.5, 0.6) is 0 Å². The van der Waals surface area contributed by atoms with Gasteiger partial charge in [0.1, 0.15) is 5.82 Å². The summed E-state index contributed by atoms with van der Waals surface area (Å²) in [5.41, 5.74) is 9.49. The number of anilines is 7. The number of amides is 5. The number of alkyl halides is 3. The van der Waals surface area contributed by atoms with E-state index in [2.05, 4.69) is 91.0 Å². The molecule has 7 fully saturated rings. The molecule has 7 aliphatic heterocycles. The van der Waals surface area contributed by atoms with Crippen LogP contribution in [0, 0.1) is 23.7 Å². The van der Waals surface area contributed by atoms with E-state index >= 15 is 0 Å². The lowest BCUT2D eigenvalue weighted by atomic mass is 9.87. The molecule has 15 rings (SSSR count). The summed E-state index contributed by atoms with van der Waals surface area (Å²) in [5, 5.41) is 11.1. The van der Waals surface area contributed by atoms with E-state index in [1.807, 2.05) is 48.3 Å². The van der Waals surface area contributed by atoms with Crippen molar-refractivity contribution in [1.29, 1.82) is 0 Å². The van der Waals surface area contributed by atoms with Crippen LogP contribution in [0.3, 0.4) is 0 Å². The topological polar surface area (TPSA) is 228 Å². The van der Waals surface area contributed by atoms with Gasteiger partial charge in [-0.05, 0) is 300 Å². The molecule has 4 aromatic carbocycles. The van der Waals surface area contributed by atoms with Gasteiger partial charge >= 0.3 is 6.18 Å². The van der Waals surface area contributed by atoms with Crippen LogP contribution in [0.4, 0.5) is 53.5 Å². The normalized spacial score (nSPS) is 17.4. The number of nitrogens with one attached hydrogen (secondary N) is 3. The SMILES string of the molecule is CN(CCC1CCN(c2ncccc2NC(=O)c2ccc(C(C)(C)C)cc2)CC1)CC(=O)N(C)C.NC(=O)c1cccc(C(F)(F)F)c1-c1cccnc1N1CCC(CN2CCCCC2)CC1.O=C(Nc1cc(Cl)cnc1N1CCC(CCCN2CCCCC2)CC1)c1cccc(Cl)c1.O=C(Nc1cc(Cl)cnc1N1CCC(CN2CCCCC2)CC1)c1cccc(Cl)c1. The van der Waals surface area contributed by atoms with E-state index < -0.39 is 17.6 Å². The Morgan fingerprint density at radius 3 is 1.32 bits per heavy atom. The fraction of sp³-hybridized carbons (Fsp3) is 0.510. The highest BCUT2D eigenvalue weighted by molar-refractivity contribution is 6.32. The number of nitrogens with two attached hydrogens (primary N) is 1. The quantitative estimate of drug-likeness (QED) is 0.0417. The van der Waals surface area contributed by atoms with Gasteiger partial charge in [0.05, 0.1) is 39.2 Å². The van der Waals surface area contributed by atoms with Crippen molar-refractivity contribution >= 4 is 116 Å². The van der Waals surface area contributed by atoms with Crippen LogP contribution in [-0.2, 0) is 16.4 Å². The third kappa shape index (κ3) is 29.7. The summed E-state index contributed by atoms with van der Waals surface area (Å²) in [5.74, 6) is 4.29. The summed E-state index contributed by atoms with van der Waals surface area (Å²) in [6, 6.07) is 35.7. The fourth-order valence-electron chi connectivity index (χ4n) is 18.6. The molecule has 29 heteroatoms. The highest BCUT2D eigenvalue weighted by Crippen LogP contribution is 2.44. The average molecular weight is 1850 g/mol. The van der Waals surface area contributed by atoms with Crippen molar-refractivity contribution < 1.29 is 37.1 Å². The molecule has 0 radical (unpaired) electrons. The zero-order chi connectivity index (χ0) is 91.6. The third-order valence-electron chi connectivity index (χ3n) is 26.0. The van der Waals surface area contributed by atoms with Crippen molar-refractivity contribution in [2.45, 2.75) is 161 Å². The third-order valence-corrected chi connectivity index (χ3v) is 26.9. The number of pyridine rings is 4. The number of hydrogen-bond donors (Lipinski definition) is 4. The molecule has 7 saturated heterocycles. The van der Waals surface area contributed by atoms with Gasteiger partial charge in [-0.25, -0.2) is 19.9 Å². The van der Waals surface area contributed by atoms with Crippen molar-refractivity contribution in [3.8, 4) is 11.1 Å². The molecule has 22 nitrogen and oxygen atoms in total. The highest BCUT2D eigenvalue weighted by Gasteiger charge is 2.38. The number of benzene rings is 4. The largest absolute Gasteiger partial charge is 0.417 e. The molecular weight excluding hydrogens is 1720 g/mol. The molecule has 0 saturated carbocycles. The molecule has 4 aromatic heterocycles. The highest BCUT2D eigenvalue weighted by atomic mass is 35.5. The van der Waals surface area contributed by atoms with Gasteiger partial charge in [-0.15, -0.1) is 0 Å². The Balaban J connectivity index is 0.000000156. The molecule has 5 amide bonds. The minimum Gasteiger partial charge on any atom is -0.366 e. The van der Waals surface area contributed by atoms with Gasteiger partial charge in [-0.1, -0.05) is 117 Å². The summed E-state index contributed by atoms with van der Waals surface area (Å²) in [7, 11) is 5.60. The maximum absolute atomic E-state index is 13.8. The monoisotopic (exact) mass is 1850 g/mol. The van der Waals surface area contributed by atoms with E-state index in [1.165, 1.54) is 128 Å². The van der Waals surface area contributed by atoms with Crippen LogP contribution < -0.4 is 41.3 Å². The first kappa shape index (κ1) is 98.8. The van der Waals surface area contributed by atoms with Crippen LogP contribution >= 0.6 is 46.4 Å². The minimum atomic E-state index is -4.62. The van der Waals surface area contributed by atoms with E-state index in [0.29, 0.717) is 77.9 Å². The summed E-state index contributed by atoms with van der Waals surface area (Å²) in [6.07, 6.45) is 26.4. The molecule has 0 unspecified atom stereocenters. The number of hydrogen-bond acceptors (Lipinski definition) is 17. The number of likely N-dealkylation sites (tertiary alicyclic amines) is 3. The lowest BCUT2D eigenvalue weighted by Crippen LogP contribution is -2.40. The van der Waals surface area contributed by atoms with Crippen molar-refractivity contribution in [2.24, 2.45) is 29.4 Å². The lowest BCUT2D eigenvalue weighted by Gasteiger charge is -2.37. The van der Waals surface area contributed by atoms with E-state index in [9.17, 15) is 37.1 Å². The molecule has 0 aliphatic carbocycles. The van der Waals surface area contributed by atoms with Crippen molar-refractivity contribution in [1.82, 2.24) is 44.4 Å². The number of likely N-dealkylation sites (N-methyl/N-ethyl adjacent to an activating group) is 2. The predicted octanol–water partition coefficient (Wildman–Crippen LogP) is 20.3. The van der Waals surface area contributed by atoms with Gasteiger partial charge < -0.3 is 60.9 Å². The average Bonchev–Trinajstić information content (AvgIpc) is 0.762. The van der Waals surface area contributed by atoms with Gasteiger partial charge in [0, 0.05) is 148 Å². The first-order chi connectivity index (χ1) is 62.0. The minimum absolute atomic E-state index is 0.0523. The van der Waals surface area contributed by atoms with Crippen LogP contribution in [0.2, 0.25) is 20.1 Å². The van der Waals surface area contributed by atoms with Gasteiger partial charge in [-0.3, -0.25) is 28.9 Å². The van der Waals surface area contributed by atoms with Crippen LogP contribution in [-0.4, -0.2) is 219 Å². The van der Waals surface area contributed by atoms with E-state index in [4.69, 9.17) is 52.1 Å². The van der Waals surface area contributed by atoms with Crippen LogP contribution in [0.1, 0.15) is 202 Å². The Morgan fingerprint density at radius 2 is 0.860 bits per heavy atom. The maximum Gasteiger partial charge on any atom is 0.417 e. The Labute approximate surface area is 780 Å². The number of nitrogens with zero attached hydrogens (tertiary/aromatic N) is 13. The van der Waals surface area contributed by atoms with Crippen LogP contribution in [0.15, 0.2) is 152 Å². The molecule has 694 valence electrons. The molecule has 129 heavy (non-hydrogen) atoms. The second-order valence-electron chi connectivity index (χ2n) is 36.9. The smallest absolute Gasteiger partial charge is 0.366 e. The number of halogens is 7. The lowest BCUT2D eigenvalue weighted by molar-refractivity contribution is -0.137. The van der Waals surface area contributed by atoms with E-state index in [0.717, 1.165) is 177 Å². The first-order valence-electron chi connectivity index (χ1n) is 46.4. The molecule has 5 N–H and O–H groups in total. The van der Waals surface area contributed by atoms with Crippen molar-refractivity contribution in [2.75, 3.05) is 181 Å². The number of rotatable bonds is 25. The van der Waals surface area contributed by atoms with E-state index in [-0.39, 0.29) is 40.2 Å². The number of primary amides is 1. The molecule has 0 spiro atoms. The van der Waals surface area contributed by atoms with Gasteiger partial charge in [0.2, 0.25) is 11.8 Å². The zero-order valence-electron chi connectivity index (χ0n) is 75.9.